The SMILES string of the molecule is C=C(/C=C\C(=NC)n1[nH]cc(-n2ccc(=O)cc2)c1=O)C(=O)NCc1ccccc1. The lowest BCUT2D eigenvalue weighted by molar-refractivity contribution is -0.117. The molecule has 8 nitrogen and oxygen atoms in total. The molecule has 0 spiro atoms. The van der Waals surface area contributed by atoms with Crippen LogP contribution in [0, 0.1) is 0 Å². The molecule has 1 aromatic carbocycles. The van der Waals surface area contributed by atoms with Gasteiger partial charge in [-0.05, 0) is 17.7 Å². The van der Waals surface area contributed by atoms with Gasteiger partial charge in [-0.2, -0.15) is 0 Å². The van der Waals surface area contributed by atoms with E-state index in [1.165, 1.54) is 59.2 Å². The van der Waals surface area contributed by atoms with Crippen molar-refractivity contribution in [3.8, 4) is 5.69 Å². The third-order valence-corrected chi connectivity index (χ3v) is 4.31. The first kappa shape index (κ1) is 20.5. The zero-order chi connectivity index (χ0) is 21.5. The van der Waals surface area contributed by atoms with Gasteiger partial charge in [-0.3, -0.25) is 24.5 Å². The van der Waals surface area contributed by atoms with Crippen LogP contribution >= 0.6 is 0 Å². The third kappa shape index (κ3) is 4.79. The average Bonchev–Trinajstić information content (AvgIpc) is 3.15. The van der Waals surface area contributed by atoms with Crippen molar-refractivity contribution in [1.82, 2.24) is 19.7 Å². The molecule has 0 saturated carbocycles. The second-order valence-electron chi connectivity index (χ2n) is 6.35. The number of carbonyl (C=O) groups is 1. The van der Waals surface area contributed by atoms with Gasteiger partial charge >= 0.3 is 0 Å². The van der Waals surface area contributed by atoms with Crippen LogP contribution in [0.5, 0.6) is 0 Å². The van der Waals surface area contributed by atoms with E-state index in [1.807, 2.05) is 30.3 Å². The van der Waals surface area contributed by atoms with Crippen molar-refractivity contribution in [3.63, 3.8) is 0 Å². The monoisotopic (exact) mass is 403 g/mol. The number of hydrogen-bond acceptors (Lipinski definition) is 4. The first-order valence-electron chi connectivity index (χ1n) is 9.15. The average molecular weight is 403 g/mol. The Bertz CT molecular complexity index is 1210. The molecule has 0 aliphatic carbocycles. The third-order valence-electron chi connectivity index (χ3n) is 4.31. The number of H-pyrrole nitrogens is 1. The molecule has 0 saturated heterocycles. The first-order valence-corrected chi connectivity index (χ1v) is 9.15. The number of hydrogen-bond donors (Lipinski definition) is 2. The van der Waals surface area contributed by atoms with Crippen molar-refractivity contribution < 1.29 is 4.79 Å². The zero-order valence-electron chi connectivity index (χ0n) is 16.4. The molecule has 152 valence electrons. The minimum absolute atomic E-state index is 0.148. The second kappa shape index (κ2) is 9.33. The van der Waals surface area contributed by atoms with Crippen LogP contribution in [-0.4, -0.2) is 33.1 Å². The number of benzene rings is 1. The standard InChI is InChI=1S/C22H21N5O3/c1-16(21(29)24-14-17-6-4-3-5-7-17)8-9-20(23-2)27-22(30)19(15-25-27)26-12-10-18(28)11-13-26/h3-13,15,25H,1,14H2,2H3,(H,24,29)/b9-8-,23-20?. The zero-order valence-corrected chi connectivity index (χ0v) is 16.4. The van der Waals surface area contributed by atoms with Crippen LogP contribution in [0.4, 0.5) is 0 Å². The van der Waals surface area contributed by atoms with Crippen LogP contribution in [-0.2, 0) is 11.3 Å². The summed E-state index contributed by atoms with van der Waals surface area (Å²) >= 11 is 0. The fraction of sp³-hybridized carbons (Fsp3) is 0.0909. The van der Waals surface area contributed by atoms with E-state index in [1.54, 1.807) is 0 Å². The van der Waals surface area contributed by atoms with Crippen molar-refractivity contribution in [1.29, 1.82) is 0 Å². The molecule has 0 aliphatic rings. The molecule has 0 atom stereocenters. The number of pyridine rings is 1. The van der Waals surface area contributed by atoms with Gasteiger partial charge in [0, 0.05) is 49.9 Å². The van der Waals surface area contributed by atoms with Crippen LogP contribution in [0.25, 0.3) is 5.69 Å². The summed E-state index contributed by atoms with van der Waals surface area (Å²) in [5.74, 6) is -0.0253. The molecular weight excluding hydrogens is 382 g/mol. The molecule has 8 heteroatoms. The summed E-state index contributed by atoms with van der Waals surface area (Å²) in [4.78, 5) is 40.3. The van der Waals surface area contributed by atoms with Crippen LogP contribution in [0.1, 0.15) is 5.56 Å². The van der Waals surface area contributed by atoms with Crippen molar-refractivity contribution in [3.05, 3.63) is 111 Å². The lowest BCUT2D eigenvalue weighted by Crippen LogP contribution is -2.26. The number of aliphatic imine (C=N–C) groups is 1. The number of amides is 1. The Hall–Kier alpha value is -4.20. The molecule has 0 radical (unpaired) electrons. The Morgan fingerprint density at radius 2 is 1.83 bits per heavy atom. The smallest absolute Gasteiger partial charge is 0.296 e. The number of nitrogens with zero attached hydrogens (tertiary/aromatic N) is 3. The fourth-order valence-corrected chi connectivity index (χ4v) is 2.68. The predicted octanol–water partition coefficient (Wildman–Crippen LogP) is 1.63. The largest absolute Gasteiger partial charge is 0.348 e. The Labute approximate surface area is 172 Å². The molecule has 30 heavy (non-hydrogen) atoms. The van der Waals surface area contributed by atoms with Crippen LogP contribution < -0.4 is 16.3 Å². The highest BCUT2D eigenvalue weighted by atomic mass is 16.2. The molecule has 0 bridgehead atoms. The van der Waals surface area contributed by atoms with Gasteiger partial charge in [-0.15, -0.1) is 0 Å². The minimum atomic E-state index is -0.358. The van der Waals surface area contributed by atoms with Crippen molar-refractivity contribution in [2.45, 2.75) is 6.54 Å². The molecule has 2 N–H and O–H groups in total. The Balaban J connectivity index is 1.70. The predicted molar refractivity (Wildman–Crippen MR) is 116 cm³/mol. The minimum Gasteiger partial charge on any atom is -0.348 e. The number of aromatic amines is 1. The van der Waals surface area contributed by atoms with Gasteiger partial charge in [-0.1, -0.05) is 36.9 Å². The summed E-state index contributed by atoms with van der Waals surface area (Å²) in [5.41, 5.74) is 1.02. The molecule has 0 aliphatic heterocycles. The summed E-state index contributed by atoms with van der Waals surface area (Å²) in [7, 11) is 1.53. The molecule has 1 amide bonds. The van der Waals surface area contributed by atoms with Crippen LogP contribution in [0.3, 0.4) is 0 Å². The van der Waals surface area contributed by atoms with E-state index in [0.717, 1.165) is 5.56 Å². The quantitative estimate of drug-likeness (QED) is 0.283. The van der Waals surface area contributed by atoms with Crippen LogP contribution in [0.15, 0.2) is 99.9 Å². The number of allylic oxidation sites excluding steroid dienone is 1. The molecule has 3 rings (SSSR count). The van der Waals surface area contributed by atoms with E-state index >= 15 is 0 Å². The van der Waals surface area contributed by atoms with Crippen molar-refractivity contribution in [2.24, 2.45) is 4.99 Å². The van der Waals surface area contributed by atoms with Gasteiger partial charge in [0.2, 0.25) is 0 Å². The van der Waals surface area contributed by atoms with E-state index in [9.17, 15) is 14.4 Å². The summed E-state index contributed by atoms with van der Waals surface area (Å²) in [6, 6.07) is 12.3. The lowest BCUT2D eigenvalue weighted by atomic mass is 10.2. The Morgan fingerprint density at radius 3 is 2.50 bits per heavy atom. The van der Waals surface area contributed by atoms with Gasteiger partial charge in [0.25, 0.3) is 11.5 Å². The van der Waals surface area contributed by atoms with Gasteiger partial charge in [0.15, 0.2) is 5.43 Å². The van der Waals surface area contributed by atoms with Gasteiger partial charge < -0.3 is 9.88 Å². The molecule has 2 heterocycles. The van der Waals surface area contributed by atoms with E-state index in [0.29, 0.717) is 18.1 Å². The molecular formula is C22H21N5O3. The molecule has 2 aromatic heterocycles. The van der Waals surface area contributed by atoms with E-state index in [2.05, 4.69) is 22.0 Å². The molecule has 3 aromatic rings. The Morgan fingerprint density at radius 1 is 1.13 bits per heavy atom. The summed E-state index contributed by atoms with van der Waals surface area (Å²) in [5, 5.41) is 5.62. The normalized spacial score (nSPS) is 11.6. The molecule has 0 unspecified atom stereocenters. The van der Waals surface area contributed by atoms with Gasteiger partial charge in [-0.25, -0.2) is 4.68 Å². The maximum Gasteiger partial charge on any atom is 0.296 e. The Kier molecular flexibility index (Phi) is 6.39. The molecule has 0 fully saturated rings. The highest BCUT2D eigenvalue weighted by molar-refractivity contribution is 5.99. The highest BCUT2D eigenvalue weighted by Gasteiger charge is 2.11. The topological polar surface area (TPSA) is 101 Å². The van der Waals surface area contributed by atoms with Crippen molar-refractivity contribution >= 4 is 11.7 Å². The number of carbonyl (C=O) groups excluding carboxylic acids is 1. The highest BCUT2D eigenvalue weighted by Crippen LogP contribution is 2.02. The number of aromatic nitrogens is 3. The summed E-state index contributed by atoms with van der Waals surface area (Å²) < 4.78 is 2.77. The second-order valence-corrected chi connectivity index (χ2v) is 6.35. The van der Waals surface area contributed by atoms with Crippen molar-refractivity contribution in [2.75, 3.05) is 7.05 Å². The van der Waals surface area contributed by atoms with E-state index in [4.69, 9.17) is 0 Å². The first-order chi connectivity index (χ1) is 14.5. The van der Waals surface area contributed by atoms with Crippen LogP contribution in [0.2, 0.25) is 0 Å². The lowest BCUT2D eigenvalue weighted by Gasteiger charge is -2.05. The maximum absolute atomic E-state index is 12.7. The van der Waals surface area contributed by atoms with Gasteiger partial charge in [0.1, 0.15) is 11.5 Å². The summed E-state index contributed by atoms with van der Waals surface area (Å²) in [6.45, 7) is 4.15. The van der Waals surface area contributed by atoms with E-state index in [-0.39, 0.29) is 22.5 Å². The fourth-order valence-electron chi connectivity index (χ4n) is 2.68. The number of rotatable bonds is 6. The number of nitrogens with one attached hydrogen (secondary N) is 2. The van der Waals surface area contributed by atoms with Gasteiger partial charge in [0.05, 0.1) is 0 Å². The van der Waals surface area contributed by atoms with E-state index < -0.39 is 0 Å². The maximum atomic E-state index is 12.7. The summed E-state index contributed by atoms with van der Waals surface area (Å²) in [6.07, 6.45) is 7.54.